The van der Waals surface area contributed by atoms with Crippen molar-refractivity contribution >= 4 is 48.3 Å². The summed E-state index contributed by atoms with van der Waals surface area (Å²) in [6, 6.07) is 11.2. The minimum Gasteiger partial charge on any atom is -0.447 e. The van der Waals surface area contributed by atoms with Gasteiger partial charge in [-0.1, -0.05) is 62.7 Å². The first-order valence-electron chi connectivity index (χ1n) is 15.0. The second-order valence-corrected chi connectivity index (χ2v) is 12.9. The lowest BCUT2D eigenvalue weighted by atomic mass is 9.75. The summed E-state index contributed by atoms with van der Waals surface area (Å²) in [5.41, 5.74) is 6.00. The molecule has 2 heterocycles. The highest BCUT2D eigenvalue weighted by Gasteiger charge is 2.53. The van der Waals surface area contributed by atoms with Crippen molar-refractivity contribution in [3.8, 4) is 11.3 Å². The number of aromatic nitrogens is 2. The second kappa shape index (κ2) is 14.8. The first-order valence-corrected chi connectivity index (χ1v) is 15.3. The van der Waals surface area contributed by atoms with E-state index in [0.717, 1.165) is 22.9 Å². The van der Waals surface area contributed by atoms with Gasteiger partial charge in [0.2, 0.25) is 0 Å². The van der Waals surface area contributed by atoms with Crippen LogP contribution in [-0.4, -0.2) is 71.6 Å². The standard InChI is InChI=1S/C32H35ClF5N9O3/c1-30(2,3)16-31(21-9-6-19(7-10-21)23-12-13-45(5)44-23)26(48)46(28(39)43-31)25(15-50-29(49)41-17-32(36,37)38)20-8-11-22(33)24(14-20)47(27(34)35)42-18-40-4/h6-14,18,25,27H,4,15-17H2,1-3,5H3,(H2,39,43)(H,41,49)/b42-18-/t25-,31-/m1/s1. The number of anilines is 1. The number of nitrogens with zero attached hydrogens (tertiary/aromatic N) is 7. The van der Waals surface area contributed by atoms with E-state index in [1.807, 2.05) is 26.8 Å². The zero-order valence-corrected chi connectivity index (χ0v) is 28.2. The van der Waals surface area contributed by atoms with Crippen molar-refractivity contribution in [1.29, 1.82) is 0 Å². The Labute approximate surface area is 289 Å². The Hall–Kier alpha value is -5.06. The number of aryl methyl sites for hydroxylation is 1. The summed E-state index contributed by atoms with van der Waals surface area (Å²) >= 11 is 6.27. The van der Waals surface area contributed by atoms with Gasteiger partial charge < -0.3 is 15.8 Å². The lowest BCUT2D eigenvalue weighted by molar-refractivity contribution is -0.135. The summed E-state index contributed by atoms with van der Waals surface area (Å²) in [7, 11) is 1.78. The molecule has 18 heteroatoms. The molecule has 0 spiro atoms. The van der Waals surface area contributed by atoms with Gasteiger partial charge in [-0.2, -0.15) is 32.2 Å². The molecule has 1 aliphatic heterocycles. The minimum atomic E-state index is -4.73. The molecule has 50 heavy (non-hydrogen) atoms. The molecule has 2 aromatic carbocycles. The van der Waals surface area contributed by atoms with Gasteiger partial charge in [-0.3, -0.25) is 19.4 Å². The van der Waals surface area contributed by atoms with Gasteiger partial charge >= 0.3 is 18.8 Å². The van der Waals surface area contributed by atoms with Gasteiger partial charge in [-0.25, -0.2) is 14.8 Å². The van der Waals surface area contributed by atoms with Gasteiger partial charge in [0.25, 0.3) is 5.91 Å². The number of carbonyl (C=O) groups excluding carboxylic acids is 2. The number of hydrogen-bond donors (Lipinski definition) is 2. The molecule has 0 fully saturated rings. The Morgan fingerprint density at radius 1 is 1.18 bits per heavy atom. The van der Waals surface area contributed by atoms with E-state index in [2.05, 4.69) is 26.9 Å². The van der Waals surface area contributed by atoms with E-state index in [9.17, 15) is 31.5 Å². The molecular weight excluding hydrogens is 689 g/mol. The first-order chi connectivity index (χ1) is 23.3. The van der Waals surface area contributed by atoms with Crippen molar-refractivity contribution in [2.24, 2.45) is 33.3 Å². The summed E-state index contributed by atoms with van der Waals surface area (Å²) < 4.78 is 73.3. The summed E-state index contributed by atoms with van der Waals surface area (Å²) in [6.07, 6.45) is -3.50. The molecule has 1 aromatic heterocycles. The van der Waals surface area contributed by atoms with Crippen LogP contribution in [0.15, 0.2) is 69.8 Å². The lowest BCUT2D eigenvalue weighted by Gasteiger charge is -2.35. The number of ether oxygens (including phenoxy) is 1. The van der Waals surface area contributed by atoms with Crippen molar-refractivity contribution in [2.45, 2.75) is 51.5 Å². The molecule has 2 atom stereocenters. The zero-order valence-electron chi connectivity index (χ0n) is 27.5. The number of alkyl halides is 5. The third kappa shape index (κ3) is 8.74. The van der Waals surface area contributed by atoms with Crippen LogP contribution in [0.2, 0.25) is 5.02 Å². The molecule has 12 nitrogen and oxygen atoms in total. The Morgan fingerprint density at radius 3 is 2.42 bits per heavy atom. The van der Waals surface area contributed by atoms with E-state index >= 15 is 0 Å². The van der Waals surface area contributed by atoms with Crippen LogP contribution < -0.4 is 16.1 Å². The van der Waals surface area contributed by atoms with Gasteiger partial charge in [-0.15, -0.1) is 0 Å². The number of nitrogens with two attached hydrogens (primary N) is 1. The molecule has 1 aliphatic rings. The average Bonchev–Trinajstić information content (AvgIpc) is 3.56. The normalized spacial score (nSPS) is 17.3. The number of benzene rings is 2. The van der Waals surface area contributed by atoms with Crippen LogP contribution in [0, 0.1) is 5.41 Å². The first kappa shape index (κ1) is 37.8. The van der Waals surface area contributed by atoms with Crippen molar-refractivity contribution in [1.82, 2.24) is 20.0 Å². The fourth-order valence-corrected chi connectivity index (χ4v) is 5.68. The molecule has 0 saturated heterocycles. The topological polar surface area (TPSA) is 143 Å². The molecule has 0 unspecified atom stereocenters. The smallest absolute Gasteiger partial charge is 0.407 e. The predicted molar refractivity (Wildman–Crippen MR) is 179 cm³/mol. The summed E-state index contributed by atoms with van der Waals surface area (Å²) in [5, 5.41) is 9.62. The Bertz CT molecular complexity index is 1770. The number of aliphatic imine (C=N–C) groups is 2. The number of nitrogens with one attached hydrogen (secondary N) is 1. The summed E-state index contributed by atoms with van der Waals surface area (Å²) in [6.45, 7) is 3.21. The molecule has 0 aliphatic carbocycles. The average molecular weight is 724 g/mol. The van der Waals surface area contributed by atoms with Crippen LogP contribution in [0.25, 0.3) is 11.3 Å². The number of alkyl carbamates (subject to hydrolysis) is 1. The van der Waals surface area contributed by atoms with Gasteiger partial charge in [-0.05, 0) is 47.9 Å². The van der Waals surface area contributed by atoms with E-state index in [4.69, 9.17) is 22.1 Å². The number of rotatable bonds is 12. The number of amides is 2. The van der Waals surface area contributed by atoms with E-state index in [1.54, 1.807) is 47.5 Å². The largest absolute Gasteiger partial charge is 0.447 e. The van der Waals surface area contributed by atoms with Gasteiger partial charge in [0.1, 0.15) is 19.5 Å². The van der Waals surface area contributed by atoms with Crippen LogP contribution in [0.1, 0.15) is 44.4 Å². The maximum atomic E-state index is 14.7. The van der Waals surface area contributed by atoms with Crippen LogP contribution in [0.5, 0.6) is 0 Å². The third-order valence-corrected chi connectivity index (χ3v) is 7.76. The van der Waals surface area contributed by atoms with Gasteiger partial charge in [0.15, 0.2) is 11.5 Å². The maximum Gasteiger partial charge on any atom is 0.407 e. The summed E-state index contributed by atoms with van der Waals surface area (Å²) in [4.78, 5) is 36.1. The third-order valence-electron chi connectivity index (χ3n) is 7.44. The lowest BCUT2D eigenvalue weighted by Crippen LogP contribution is -2.47. The molecule has 0 bridgehead atoms. The van der Waals surface area contributed by atoms with Gasteiger partial charge in [0, 0.05) is 18.8 Å². The van der Waals surface area contributed by atoms with E-state index in [0.29, 0.717) is 11.3 Å². The molecule has 3 aromatic rings. The molecule has 0 saturated carbocycles. The number of hydrogen-bond acceptors (Lipinski definition) is 8. The number of halogens is 6. The monoisotopic (exact) mass is 723 g/mol. The summed E-state index contributed by atoms with van der Waals surface area (Å²) in [5.74, 6) is -0.968. The molecular formula is C32H35ClF5N9O3. The fraction of sp³-hybridized carbons (Fsp3) is 0.375. The van der Waals surface area contributed by atoms with Crippen LogP contribution in [0.3, 0.4) is 0 Å². The molecule has 3 N–H and O–H groups in total. The maximum absolute atomic E-state index is 14.7. The number of hydrazone groups is 1. The fourth-order valence-electron chi connectivity index (χ4n) is 5.48. The Morgan fingerprint density at radius 2 is 1.86 bits per heavy atom. The van der Waals surface area contributed by atoms with Crippen molar-refractivity contribution in [3.63, 3.8) is 0 Å². The Kier molecular flexibility index (Phi) is 11.2. The highest BCUT2D eigenvalue weighted by Crippen LogP contribution is 2.45. The highest BCUT2D eigenvalue weighted by molar-refractivity contribution is 6.33. The van der Waals surface area contributed by atoms with Gasteiger partial charge in [0.05, 0.1) is 22.4 Å². The van der Waals surface area contributed by atoms with Crippen LogP contribution >= 0.6 is 11.6 Å². The van der Waals surface area contributed by atoms with Crippen LogP contribution in [0.4, 0.5) is 32.4 Å². The van der Waals surface area contributed by atoms with Crippen LogP contribution in [-0.2, 0) is 22.1 Å². The van der Waals surface area contributed by atoms with Crippen molar-refractivity contribution in [2.75, 3.05) is 18.2 Å². The molecule has 2 amide bonds. The van der Waals surface area contributed by atoms with E-state index in [1.165, 1.54) is 12.1 Å². The van der Waals surface area contributed by atoms with E-state index < -0.39 is 54.9 Å². The predicted octanol–water partition coefficient (Wildman–Crippen LogP) is 6.23. The quantitative estimate of drug-likeness (QED) is 0.0746. The molecule has 0 radical (unpaired) electrons. The SMILES string of the molecule is C=N/C=N\N(c1cc([C@@H](COC(=O)NCC(F)(F)F)N2C(=O)[C@@](CC(C)(C)C)(c3ccc(-c4ccn(C)n4)cc3)N=C2N)ccc1Cl)C(F)F. The Balaban J connectivity index is 1.81. The number of guanidine groups is 1. The van der Waals surface area contributed by atoms with Crippen molar-refractivity contribution < 1.29 is 36.3 Å². The highest BCUT2D eigenvalue weighted by atomic mass is 35.5. The number of carbonyl (C=O) groups is 2. The second-order valence-electron chi connectivity index (χ2n) is 12.5. The van der Waals surface area contributed by atoms with E-state index in [-0.39, 0.29) is 33.7 Å². The minimum absolute atomic E-state index is 0.0593. The molecule has 4 rings (SSSR count). The molecule has 268 valence electrons. The van der Waals surface area contributed by atoms with Crippen molar-refractivity contribution in [3.05, 3.63) is 70.9 Å². The zero-order chi connectivity index (χ0) is 37.0.